The molecule has 234 valence electrons. The molecule has 2 atom stereocenters. The maximum absolute atomic E-state index is 13.1. The third-order valence-corrected chi connectivity index (χ3v) is 8.87. The summed E-state index contributed by atoms with van der Waals surface area (Å²) in [5.74, 6) is 1.07. The SMILES string of the molecule is COc1ccc(C(=O)C2CCN(C(=O)c3ccc(C(=O)N[C@@H]4CCN(Cc5ccc(C#N)c(OC)c5)C[C@@H]4C)cn3)CC2)cc1. The number of pyridine rings is 1. The summed E-state index contributed by atoms with van der Waals surface area (Å²) in [5, 5.41) is 12.4. The number of nitrogens with zero attached hydrogens (tertiary/aromatic N) is 4. The van der Waals surface area contributed by atoms with Crippen LogP contribution in [0.15, 0.2) is 60.8 Å². The van der Waals surface area contributed by atoms with Crippen molar-refractivity contribution in [3.8, 4) is 17.6 Å². The average Bonchev–Trinajstić information content (AvgIpc) is 3.09. The minimum absolute atomic E-state index is 0.0208. The second kappa shape index (κ2) is 14.4. The van der Waals surface area contributed by atoms with E-state index in [1.165, 1.54) is 6.20 Å². The van der Waals surface area contributed by atoms with Crippen LogP contribution < -0.4 is 14.8 Å². The van der Waals surface area contributed by atoms with E-state index in [-0.39, 0.29) is 41.2 Å². The van der Waals surface area contributed by atoms with Crippen LogP contribution >= 0.6 is 0 Å². The van der Waals surface area contributed by atoms with E-state index in [1.807, 2.05) is 12.1 Å². The quantitative estimate of drug-likeness (QED) is 0.355. The molecule has 2 aromatic carbocycles. The van der Waals surface area contributed by atoms with Gasteiger partial charge in [0.15, 0.2) is 5.78 Å². The number of rotatable bonds is 9. The van der Waals surface area contributed by atoms with Gasteiger partial charge in [0, 0.05) is 56.4 Å². The molecule has 2 aliphatic heterocycles. The Hall–Kier alpha value is -4.75. The fourth-order valence-electron chi connectivity index (χ4n) is 6.18. The third kappa shape index (κ3) is 7.49. The number of benzene rings is 2. The molecule has 1 N–H and O–H groups in total. The Morgan fingerprint density at radius 3 is 2.31 bits per heavy atom. The molecule has 0 bridgehead atoms. The van der Waals surface area contributed by atoms with Crippen LogP contribution in [0.4, 0.5) is 0 Å². The van der Waals surface area contributed by atoms with Crippen molar-refractivity contribution in [2.75, 3.05) is 40.4 Å². The number of hydrogen-bond donors (Lipinski definition) is 1. The van der Waals surface area contributed by atoms with E-state index in [4.69, 9.17) is 9.47 Å². The monoisotopic (exact) mass is 609 g/mol. The smallest absolute Gasteiger partial charge is 0.272 e. The molecule has 2 fully saturated rings. The van der Waals surface area contributed by atoms with E-state index in [2.05, 4.69) is 28.2 Å². The van der Waals surface area contributed by atoms with E-state index in [0.29, 0.717) is 54.1 Å². The fraction of sp³-hybridized carbons (Fsp3) is 0.400. The number of methoxy groups -OCH3 is 2. The summed E-state index contributed by atoms with van der Waals surface area (Å²) < 4.78 is 10.5. The Labute approximate surface area is 263 Å². The van der Waals surface area contributed by atoms with Crippen molar-refractivity contribution in [3.05, 3.63) is 88.7 Å². The molecule has 0 unspecified atom stereocenters. The summed E-state index contributed by atoms with van der Waals surface area (Å²) in [5.41, 5.74) is 2.94. The van der Waals surface area contributed by atoms with Gasteiger partial charge in [-0.3, -0.25) is 24.3 Å². The Bertz CT molecular complexity index is 1560. The van der Waals surface area contributed by atoms with Crippen LogP contribution in [0.1, 0.15) is 68.5 Å². The van der Waals surface area contributed by atoms with Gasteiger partial charge in [-0.1, -0.05) is 13.0 Å². The van der Waals surface area contributed by atoms with Crippen LogP contribution in [0.25, 0.3) is 0 Å². The fourth-order valence-corrected chi connectivity index (χ4v) is 6.18. The van der Waals surface area contributed by atoms with Crippen LogP contribution in [0.2, 0.25) is 0 Å². The van der Waals surface area contributed by atoms with Crippen molar-refractivity contribution in [2.24, 2.45) is 11.8 Å². The zero-order chi connectivity index (χ0) is 31.9. The lowest BCUT2D eigenvalue weighted by molar-refractivity contribution is 0.0645. The largest absolute Gasteiger partial charge is 0.497 e. The summed E-state index contributed by atoms with van der Waals surface area (Å²) in [6, 6.07) is 18.2. The normalized spacial score (nSPS) is 18.9. The Morgan fingerprint density at radius 1 is 0.956 bits per heavy atom. The predicted octanol–water partition coefficient (Wildman–Crippen LogP) is 4.35. The van der Waals surface area contributed by atoms with Gasteiger partial charge < -0.3 is 19.7 Å². The number of carbonyl (C=O) groups is 3. The highest BCUT2D eigenvalue weighted by Crippen LogP contribution is 2.25. The van der Waals surface area contributed by atoms with Crippen LogP contribution in [0.3, 0.4) is 0 Å². The molecule has 0 saturated carbocycles. The van der Waals surface area contributed by atoms with Crippen molar-refractivity contribution < 1.29 is 23.9 Å². The number of nitrogens with one attached hydrogen (secondary N) is 1. The molecule has 3 aromatic rings. The second-order valence-corrected chi connectivity index (χ2v) is 11.8. The first kappa shape index (κ1) is 31.7. The minimum Gasteiger partial charge on any atom is -0.497 e. The number of hydrogen-bond acceptors (Lipinski definition) is 8. The van der Waals surface area contributed by atoms with E-state index in [0.717, 1.165) is 31.6 Å². The number of carbonyl (C=O) groups excluding carboxylic acids is 3. The highest BCUT2D eigenvalue weighted by molar-refractivity contribution is 5.99. The van der Waals surface area contributed by atoms with Crippen LogP contribution in [0, 0.1) is 23.2 Å². The molecular formula is C35H39N5O5. The maximum Gasteiger partial charge on any atom is 0.272 e. The molecule has 1 aromatic heterocycles. The summed E-state index contributed by atoms with van der Waals surface area (Å²) >= 11 is 0. The van der Waals surface area contributed by atoms with Crippen LogP contribution in [-0.2, 0) is 6.54 Å². The molecule has 10 heteroatoms. The lowest BCUT2D eigenvalue weighted by Gasteiger charge is -2.37. The number of ketones is 1. The molecular weight excluding hydrogens is 570 g/mol. The summed E-state index contributed by atoms with van der Waals surface area (Å²) in [6.45, 7) is 5.47. The Balaban J connectivity index is 1.09. The van der Waals surface area contributed by atoms with Gasteiger partial charge in [-0.2, -0.15) is 5.26 Å². The minimum atomic E-state index is -0.207. The number of likely N-dealkylation sites (tertiary alicyclic amines) is 2. The molecule has 3 heterocycles. The Kier molecular flexibility index (Phi) is 10.1. The van der Waals surface area contributed by atoms with Crippen LogP contribution in [-0.4, -0.2) is 78.8 Å². The number of aromatic nitrogens is 1. The van der Waals surface area contributed by atoms with Crippen molar-refractivity contribution in [3.63, 3.8) is 0 Å². The molecule has 0 radical (unpaired) electrons. The third-order valence-electron chi connectivity index (χ3n) is 8.87. The van der Waals surface area contributed by atoms with Gasteiger partial charge in [0.25, 0.3) is 11.8 Å². The van der Waals surface area contributed by atoms with Crippen molar-refractivity contribution in [1.29, 1.82) is 5.26 Å². The summed E-state index contributed by atoms with van der Waals surface area (Å²) in [4.78, 5) is 47.5. The lowest BCUT2D eigenvalue weighted by atomic mass is 9.88. The number of piperidine rings is 2. The first-order valence-electron chi connectivity index (χ1n) is 15.3. The predicted molar refractivity (Wildman–Crippen MR) is 168 cm³/mol. The van der Waals surface area contributed by atoms with E-state index >= 15 is 0 Å². The highest BCUT2D eigenvalue weighted by Gasteiger charge is 2.30. The van der Waals surface area contributed by atoms with Gasteiger partial charge in [0.05, 0.1) is 25.3 Å². The molecule has 2 aliphatic rings. The van der Waals surface area contributed by atoms with E-state index in [9.17, 15) is 19.6 Å². The standard InChI is InChI=1S/C35H39N5O5/c1-23-21-39(22-24-4-5-27(19-36)32(18-24)45-3)15-14-30(23)38-34(42)28-8-11-31(37-20-28)35(43)40-16-12-26(13-17-40)33(41)25-6-9-29(44-2)10-7-25/h4-11,18,20,23,26,30H,12-17,21-22H2,1-3H3,(H,38,42)/t23-,30+/m0/s1. The molecule has 10 nitrogen and oxygen atoms in total. The van der Waals surface area contributed by atoms with Crippen molar-refractivity contribution in [2.45, 2.75) is 38.8 Å². The molecule has 0 spiro atoms. The summed E-state index contributed by atoms with van der Waals surface area (Å²) in [6.07, 6.45) is 3.45. The van der Waals surface area contributed by atoms with Gasteiger partial charge in [0.2, 0.25) is 0 Å². The van der Waals surface area contributed by atoms with Crippen molar-refractivity contribution in [1.82, 2.24) is 20.1 Å². The molecule has 2 amide bonds. The first-order valence-corrected chi connectivity index (χ1v) is 15.3. The van der Waals surface area contributed by atoms with Gasteiger partial charge in [0.1, 0.15) is 23.3 Å². The molecule has 45 heavy (non-hydrogen) atoms. The number of amides is 2. The van der Waals surface area contributed by atoms with Gasteiger partial charge in [-0.05, 0) is 79.3 Å². The molecule has 2 saturated heterocycles. The zero-order valence-electron chi connectivity index (χ0n) is 26.0. The van der Waals surface area contributed by atoms with Gasteiger partial charge in [-0.25, -0.2) is 0 Å². The van der Waals surface area contributed by atoms with Crippen LogP contribution in [0.5, 0.6) is 11.5 Å². The van der Waals surface area contributed by atoms with Crippen molar-refractivity contribution >= 4 is 17.6 Å². The lowest BCUT2D eigenvalue weighted by Crippen LogP contribution is -2.49. The van der Waals surface area contributed by atoms with Gasteiger partial charge in [-0.15, -0.1) is 0 Å². The first-order chi connectivity index (χ1) is 21.8. The maximum atomic E-state index is 13.1. The number of ether oxygens (including phenoxy) is 2. The van der Waals surface area contributed by atoms with Gasteiger partial charge >= 0.3 is 0 Å². The number of nitriles is 1. The Morgan fingerprint density at radius 2 is 1.69 bits per heavy atom. The number of Topliss-reactive ketones (excluding diaryl/α,β-unsaturated/α-hetero) is 1. The zero-order valence-corrected chi connectivity index (χ0v) is 26.0. The summed E-state index contributed by atoms with van der Waals surface area (Å²) in [7, 11) is 3.16. The second-order valence-electron chi connectivity index (χ2n) is 11.8. The van der Waals surface area contributed by atoms with E-state index in [1.54, 1.807) is 61.6 Å². The van der Waals surface area contributed by atoms with E-state index < -0.39 is 0 Å². The highest BCUT2D eigenvalue weighted by atomic mass is 16.5. The molecule has 5 rings (SSSR count). The molecule has 0 aliphatic carbocycles. The topological polar surface area (TPSA) is 125 Å². The average molecular weight is 610 g/mol.